The van der Waals surface area contributed by atoms with E-state index in [0.29, 0.717) is 6.61 Å². The highest BCUT2D eigenvalue weighted by Gasteiger charge is 2.37. The molecule has 0 bridgehead atoms. The zero-order chi connectivity index (χ0) is 14.4. The summed E-state index contributed by atoms with van der Waals surface area (Å²) in [6, 6.07) is 0. The lowest BCUT2D eigenvalue weighted by molar-refractivity contribution is 0.178. The van der Waals surface area contributed by atoms with Gasteiger partial charge >= 0.3 is 0 Å². The Morgan fingerprint density at radius 3 is 2.86 bits per heavy atom. The van der Waals surface area contributed by atoms with Crippen LogP contribution < -0.4 is 5.32 Å². The predicted molar refractivity (Wildman–Crippen MR) is 86.1 cm³/mol. The number of nitrogens with one attached hydrogen (secondary N) is 1. The van der Waals surface area contributed by atoms with Gasteiger partial charge in [0.1, 0.15) is 17.3 Å². The highest BCUT2D eigenvalue weighted by Crippen LogP contribution is 2.53. The smallest absolute Gasteiger partial charge is 0.158 e. The molecule has 0 amide bonds. The van der Waals surface area contributed by atoms with Crippen LogP contribution in [0, 0.1) is 5.92 Å². The zero-order valence-electron chi connectivity index (χ0n) is 12.6. The monoisotopic (exact) mass is 303 g/mol. The van der Waals surface area contributed by atoms with E-state index < -0.39 is 0 Å². The fraction of sp³-hybridized carbons (Fsp3) is 0.625. The maximum absolute atomic E-state index is 5.20. The quantitative estimate of drug-likeness (QED) is 0.935. The van der Waals surface area contributed by atoms with E-state index in [1.165, 1.54) is 37.5 Å². The number of aryl methyl sites for hydroxylation is 1. The van der Waals surface area contributed by atoms with Crippen LogP contribution in [0.3, 0.4) is 0 Å². The number of hydrogen-bond donors (Lipinski definition) is 1. The van der Waals surface area contributed by atoms with Gasteiger partial charge in [-0.05, 0) is 49.5 Å². The minimum absolute atomic E-state index is 0.471. The van der Waals surface area contributed by atoms with Crippen LogP contribution in [0.25, 0.3) is 10.2 Å². The highest BCUT2D eigenvalue weighted by atomic mass is 32.1. The zero-order valence-corrected chi connectivity index (χ0v) is 13.4. The molecule has 5 heteroatoms. The topological polar surface area (TPSA) is 47.0 Å². The van der Waals surface area contributed by atoms with Gasteiger partial charge in [0.15, 0.2) is 5.82 Å². The Labute approximate surface area is 128 Å². The third-order valence-electron chi connectivity index (χ3n) is 4.70. The van der Waals surface area contributed by atoms with E-state index in [0.717, 1.165) is 28.3 Å². The van der Waals surface area contributed by atoms with Crippen molar-refractivity contribution in [1.82, 2.24) is 9.97 Å². The van der Waals surface area contributed by atoms with Crippen LogP contribution in [-0.2, 0) is 17.8 Å². The van der Waals surface area contributed by atoms with E-state index in [9.17, 15) is 0 Å². The first-order valence-electron chi connectivity index (χ1n) is 7.80. The Bertz CT molecular complexity index is 678. The average molecular weight is 303 g/mol. The van der Waals surface area contributed by atoms with Crippen LogP contribution in [0.1, 0.15) is 47.9 Å². The standard InChI is InChI=1S/C16H21N3OS/c1-17-15-14-13-10(9-6-7-9)4-3-5-11(13)21-16(14)19-12(18-15)8-20-2/h9-10H,3-8H2,1-2H3,(H,17,18,19). The normalized spacial score (nSPS) is 21.5. The Kier molecular flexibility index (Phi) is 3.34. The van der Waals surface area contributed by atoms with Gasteiger partial charge in [-0.1, -0.05) is 0 Å². The van der Waals surface area contributed by atoms with E-state index >= 15 is 0 Å². The maximum atomic E-state index is 5.20. The Morgan fingerprint density at radius 2 is 2.14 bits per heavy atom. The molecule has 0 saturated heterocycles. The molecular formula is C16H21N3OS. The molecule has 2 heterocycles. The number of anilines is 1. The van der Waals surface area contributed by atoms with E-state index in [1.807, 2.05) is 18.4 Å². The van der Waals surface area contributed by atoms with Gasteiger partial charge in [0.2, 0.25) is 0 Å². The SMILES string of the molecule is CNc1nc(COC)nc2sc3c(c12)C(C1CC1)CCC3. The maximum Gasteiger partial charge on any atom is 0.158 e. The minimum atomic E-state index is 0.471. The van der Waals surface area contributed by atoms with Gasteiger partial charge in [0.25, 0.3) is 0 Å². The van der Waals surface area contributed by atoms with Gasteiger partial charge in [-0.3, -0.25) is 0 Å². The Morgan fingerprint density at radius 1 is 1.29 bits per heavy atom. The number of aromatic nitrogens is 2. The Balaban J connectivity index is 1.91. The third-order valence-corrected chi connectivity index (χ3v) is 5.86. The lowest BCUT2D eigenvalue weighted by Crippen LogP contribution is -2.10. The molecule has 1 N–H and O–H groups in total. The van der Waals surface area contributed by atoms with Crippen LogP contribution in [0.5, 0.6) is 0 Å². The highest BCUT2D eigenvalue weighted by molar-refractivity contribution is 7.19. The van der Waals surface area contributed by atoms with Crippen molar-refractivity contribution in [3.63, 3.8) is 0 Å². The second-order valence-corrected chi connectivity index (χ2v) is 7.21. The van der Waals surface area contributed by atoms with Crippen LogP contribution in [0.4, 0.5) is 5.82 Å². The Hall–Kier alpha value is -1.20. The molecule has 0 aromatic carbocycles. The van der Waals surface area contributed by atoms with Gasteiger partial charge in [0.05, 0.1) is 5.39 Å². The number of hydrogen-bond acceptors (Lipinski definition) is 5. The van der Waals surface area contributed by atoms with Gasteiger partial charge < -0.3 is 10.1 Å². The molecule has 4 nitrogen and oxygen atoms in total. The second-order valence-electron chi connectivity index (χ2n) is 6.13. The van der Waals surface area contributed by atoms with Crippen molar-refractivity contribution >= 4 is 27.4 Å². The molecule has 0 spiro atoms. The van der Waals surface area contributed by atoms with Gasteiger partial charge in [0, 0.05) is 19.0 Å². The molecule has 0 radical (unpaired) electrons. The molecule has 21 heavy (non-hydrogen) atoms. The summed E-state index contributed by atoms with van der Waals surface area (Å²) in [6.07, 6.45) is 6.68. The summed E-state index contributed by atoms with van der Waals surface area (Å²) in [5, 5.41) is 4.57. The molecule has 1 fully saturated rings. The van der Waals surface area contributed by atoms with Gasteiger partial charge in [-0.2, -0.15) is 0 Å². The number of fused-ring (bicyclic) bond motifs is 3. The summed E-state index contributed by atoms with van der Waals surface area (Å²) in [6.45, 7) is 0.471. The molecule has 2 aromatic heterocycles. The first-order chi connectivity index (χ1) is 10.3. The van der Waals surface area contributed by atoms with Crippen molar-refractivity contribution in [1.29, 1.82) is 0 Å². The fourth-order valence-electron chi connectivity index (χ4n) is 3.66. The molecule has 4 rings (SSSR count). The molecule has 0 aliphatic heterocycles. The number of nitrogens with zero attached hydrogens (tertiary/aromatic N) is 2. The average Bonchev–Trinajstić information content (AvgIpc) is 3.26. The van der Waals surface area contributed by atoms with Crippen molar-refractivity contribution in [3.05, 3.63) is 16.3 Å². The van der Waals surface area contributed by atoms with E-state index in [1.54, 1.807) is 17.6 Å². The molecule has 1 saturated carbocycles. The lowest BCUT2D eigenvalue weighted by atomic mass is 9.83. The fourth-order valence-corrected chi connectivity index (χ4v) is 4.96. The molecule has 1 unspecified atom stereocenters. The minimum Gasteiger partial charge on any atom is -0.377 e. The van der Waals surface area contributed by atoms with Crippen molar-refractivity contribution in [2.75, 3.05) is 19.5 Å². The summed E-state index contributed by atoms with van der Waals surface area (Å²) >= 11 is 1.87. The summed E-state index contributed by atoms with van der Waals surface area (Å²) in [5.41, 5.74) is 1.57. The van der Waals surface area contributed by atoms with Crippen LogP contribution >= 0.6 is 11.3 Å². The third kappa shape index (κ3) is 2.23. The first-order valence-corrected chi connectivity index (χ1v) is 8.62. The molecule has 112 valence electrons. The van der Waals surface area contributed by atoms with E-state index in [2.05, 4.69) is 10.3 Å². The van der Waals surface area contributed by atoms with Crippen molar-refractivity contribution < 1.29 is 4.74 Å². The molecule has 1 atom stereocenters. The predicted octanol–water partition coefficient (Wildman–Crippen LogP) is 3.71. The summed E-state index contributed by atoms with van der Waals surface area (Å²) in [4.78, 5) is 12.1. The summed E-state index contributed by atoms with van der Waals surface area (Å²) < 4.78 is 5.20. The van der Waals surface area contributed by atoms with Crippen molar-refractivity contribution in [2.24, 2.45) is 5.92 Å². The largest absolute Gasteiger partial charge is 0.377 e. The first kappa shape index (κ1) is 13.5. The number of rotatable bonds is 4. The van der Waals surface area contributed by atoms with Crippen molar-refractivity contribution in [3.8, 4) is 0 Å². The number of thiophene rings is 1. The molecule has 2 aliphatic rings. The molecule has 2 aliphatic carbocycles. The van der Waals surface area contributed by atoms with E-state index in [-0.39, 0.29) is 0 Å². The van der Waals surface area contributed by atoms with Crippen LogP contribution in [0.15, 0.2) is 0 Å². The lowest BCUT2D eigenvalue weighted by Gasteiger charge is -2.23. The van der Waals surface area contributed by atoms with Gasteiger partial charge in [-0.25, -0.2) is 9.97 Å². The summed E-state index contributed by atoms with van der Waals surface area (Å²) in [5.74, 6) is 3.41. The van der Waals surface area contributed by atoms with E-state index in [4.69, 9.17) is 9.72 Å². The van der Waals surface area contributed by atoms with Crippen molar-refractivity contribution in [2.45, 2.75) is 44.6 Å². The van der Waals surface area contributed by atoms with Gasteiger partial charge in [-0.15, -0.1) is 11.3 Å². The van der Waals surface area contributed by atoms with Crippen LogP contribution in [-0.4, -0.2) is 24.1 Å². The number of methoxy groups -OCH3 is 1. The molecule has 2 aromatic rings. The number of ether oxygens (including phenoxy) is 1. The molecular weight excluding hydrogens is 282 g/mol. The second kappa shape index (κ2) is 5.21. The summed E-state index contributed by atoms with van der Waals surface area (Å²) in [7, 11) is 3.65. The van der Waals surface area contributed by atoms with Crippen LogP contribution in [0.2, 0.25) is 0 Å².